The van der Waals surface area contributed by atoms with E-state index in [0.29, 0.717) is 0 Å². The van der Waals surface area contributed by atoms with Crippen molar-refractivity contribution in [2.24, 2.45) is 0 Å². The van der Waals surface area contributed by atoms with Crippen LogP contribution in [0.3, 0.4) is 0 Å². The van der Waals surface area contributed by atoms with Gasteiger partial charge in [-0.1, -0.05) is 37.3 Å². The molecule has 2 aromatic rings. The third-order valence-corrected chi connectivity index (χ3v) is 4.31. The summed E-state index contributed by atoms with van der Waals surface area (Å²) in [6.45, 7) is 7.79. The zero-order valence-electron chi connectivity index (χ0n) is 15.6. The molecule has 0 radical (unpaired) electrons. The van der Waals surface area contributed by atoms with Crippen molar-refractivity contribution in [3.05, 3.63) is 59.2 Å². The van der Waals surface area contributed by atoms with Crippen LogP contribution >= 0.6 is 0 Å². The highest BCUT2D eigenvalue weighted by atomic mass is 16.5. The quantitative estimate of drug-likeness (QED) is 0.814. The second kappa shape index (κ2) is 8.56. The van der Waals surface area contributed by atoms with Gasteiger partial charge in [0, 0.05) is 0 Å². The second-order valence-electron chi connectivity index (χ2n) is 6.22. The molecule has 4 nitrogen and oxygen atoms in total. The van der Waals surface area contributed by atoms with Gasteiger partial charge in [-0.25, -0.2) is 0 Å². The number of carbonyl (C=O) groups is 1. The molecule has 134 valence electrons. The highest BCUT2D eigenvalue weighted by Crippen LogP contribution is 2.24. The predicted octanol–water partition coefficient (Wildman–Crippen LogP) is 4.35. The lowest BCUT2D eigenvalue weighted by Crippen LogP contribution is -2.38. The van der Waals surface area contributed by atoms with Gasteiger partial charge in [0.15, 0.2) is 6.10 Å². The number of hydrogen-bond acceptors (Lipinski definition) is 3. The highest BCUT2D eigenvalue weighted by Gasteiger charge is 2.20. The number of hydrogen-bond donors (Lipinski definition) is 1. The van der Waals surface area contributed by atoms with Crippen LogP contribution in [0.1, 0.15) is 43.0 Å². The van der Waals surface area contributed by atoms with Gasteiger partial charge in [0.2, 0.25) is 0 Å². The summed E-state index contributed by atoms with van der Waals surface area (Å²) < 4.78 is 11.1. The van der Waals surface area contributed by atoms with E-state index in [1.54, 1.807) is 14.0 Å². The maximum Gasteiger partial charge on any atom is 0.261 e. The summed E-state index contributed by atoms with van der Waals surface area (Å²) in [6, 6.07) is 13.6. The summed E-state index contributed by atoms with van der Waals surface area (Å²) in [7, 11) is 1.66. The minimum atomic E-state index is -0.561. The first-order chi connectivity index (χ1) is 12.0. The monoisotopic (exact) mass is 341 g/mol. The summed E-state index contributed by atoms with van der Waals surface area (Å²) >= 11 is 0. The minimum Gasteiger partial charge on any atom is -0.496 e. The molecule has 0 unspecified atom stereocenters. The topological polar surface area (TPSA) is 47.6 Å². The van der Waals surface area contributed by atoms with Crippen LogP contribution in [0.5, 0.6) is 11.5 Å². The molecule has 1 N–H and O–H groups in total. The van der Waals surface area contributed by atoms with Crippen LogP contribution < -0.4 is 14.8 Å². The molecule has 2 rings (SSSR count). The number of benzene rings is 2. The van der Waals surface area contributed by atoms with Crippen molar-refractivity contribution < 1.29 is 14.3 Å². The molecule has 0 saturated carbocycles. The Morgan fingerprint density at radius 1 is 1.08 bits per heavy atom. The van der Waals surface area contributed by atoms with Crippen LogP contribution in [-0.2, 0) is 4.79 Å². The summed E-state index contributed by atoms with van der Waals surface area (Å²) in [5.74, 6) is 1.46. The van der Waals surface area contributed by atoms with E-state index in [1.165, 1.54) is 0 Å². The molecule has 2 aromatic carbocycles. The summed E-state index contributed by atoms with van der Waals surface area (Å²) in [4.78, 5) is 12.5. The van der Waals surface area contributed by atoms with Crippen LogP contribution in [0.15, 0.2) is 42.5 Å². The van der Waals surface area contributed by atoms with Gasteiger partial charge in [-0.3, -0.25) is 4.79 Å². The largest absolute Gasteiger partial charge is 0.496 e. The molecule has 0 saturated heterocycles. The Kier molecular flexibility index (Phi) is 6.45. The minimum absolute atomic E-state index is 0.0555. The molecule has 0 aromatic heterocycles. The van der Waals surface area contributed by atoms with Gasteiger partial charge < -0.3 is 14.8 Å². The third-order valence-electron chi connectivity index (χ3n) is 4.31. The molecule has 0 aliphatic heterocycles. The number of para-hydroxylation sites is 1. The number of ether oxygens (including phenoxy) is 2. The molecular formula is C21H27NO3. The highest BCUT2D eigenvalue weighted by molar-refractivity contribution is 5.81. The van der Waals surface area contributed by atoms with Crippen molar-refractivity contribution in [1.29, 1.82) is 0 Å². The number of carbonyl (C=O) groups excluding carboxylic acids is 1. The molecule has 0 heterocycles. The lowest BCUT2D eigenvalue weighted by atomic mass is 10.0. The fraction of sp³-hybridized carbons (Fsp3) is 0.381. The third kappa shape index (κ3) is 4.75. The van der Waals surface area contributed by atoms with Crippen molar-refractivity contribution in [2.75, 3.05) is 7.11 Å². The standard InChI is InChI=1S/C21H27NO3/c1-6-18(17-11-12-19(24-5)15(3)13-17)22-21(23)16(4)25-20-10-8-7-9-14(20)2/h7-13,16,18H,6H2,1-5H3,(H,22,23)/t16-,18-/m1/s1. The van der Waals surface area contributed by atoms with E-state index >= 15 is 0 Å². The average molecular weight is 341 g/mol. The SMILES string of the molecule is CC[C@@H](NC(=O)[C@@H](C)Oc1ccccc1C)c1ccc(OC)c(C)c1. The molecule has 0 aliphatic carbocycles. The Labute approximate surface area is 150 Å². The molecular weight excluding hydrogens is 314 g/mol. The molecule has 1 amide bonds. The first-order valence-electron chi connectivity index (χ1n) is 8.63. The lowest BCUT2D eigenvalue weighted by Gasteiger charge is -2.22. The average Bonchev–Trinajstić information content (AvgIpc) is 2.61. The van der Waals surface area contributed by atoms with E-state index < -0.39 is 6.10 Å². The Balaban J connectivity index is 2.06. The first-order valence-corrected chi connectivity index (χ1v) is 8.63. The molecule has 0 fully saturated rings. The fourth-order valence-electron chi connectivity index (χ4n) is 2.76. The summed E-state index contributed by atoms with van der Waals surface area (Å²) in [6.07, 6.45) is 0.240. The van der Waals surface area contributed by atoms with E-state index in [2.05, 4.69) is 18.3 Å². The second-order valence-corrected chi connectivity index (χ2v) is 6.22. The maximum atomic E-state index is 12.5. The van der Waals surface area contributed by atoms with Crippen molar-refractivity contribution in [2.45, 2.75) is 46.3 Å². The van der Waals surface area contributed by atoms with Crippen molar-refractivity contribution in [3.63, 3.8) is 0 Å². The summed E-state index contributed by atoms with van der Waals surface area (Å²) in [5.41, 5.74) is 3.13. The number of rotatable bonds is 7. The Morgan fingerprint density at radius 3 is 2.40 bits per heavy atom. The zero-order chi connectivity index (χ0) is 18.4. The van der Waals surface area contributed by atoms with E-state index in [9.17, 15) is 4.79 Å². The Morgan fingerprint density at radius 2 is 1.80 bits per heavy atom. The first kappa shape index (κ1) is 18.8. The number of methoxy groups -OCH3 is 1. The van der Waals surface area contributed by atoms with Crippen molar-refractivity contribution in [1.82, 2.24) is 5.32 Å². The smallest absolute Gasteiger partial charge is 0.261 e. The normalized spacial score (nSPS) is 13.0. The van der Waals surface area contributed by atoms with Crippen LogP contribution in [0.4, 0.5) is 0 Å². The van der Waals surface area contributed by atoms with Crippen LogP contribution in [0.2, 0.25) is 0 Å². The van der Waals surface area contributed by atoms with Gasteiger partial charge >= 0.3 is 0 Å². The van der Waals surface area contributed by atoms with Crippen LogP contribution in [0.25, 0.3) is 0 Å². The van der Waals surface area contributed by atoms with Gasteiger partial charge in [-0.2, -0.15) is 0 Å². The van der Waals surface area contributed by atoms with Gasteiger partial charge in [0.1, 0.15) is 11.5 Å². The van der Waals surface area contributed by atoms with E-state index in [1.807, 2.05) is 50.2 Å². The number of aryl methyl sites for hydroxylation is 2. The Hall–Kier alpha value is -2.49. The summed E-state index contributed by atoms with van der Waals surface area (Å²) in [5, 5.41) is 3.08. The van der Waals surface area contributed by atoms with Gasteiger partial charge in [0.05, 0.1) is 13.2 Å². The molecule has 25 heavy (non-hydrogen) atoms. The van der Waals surface area contributed by atoms with E-state index in [4.69, 9.17) is 9.47 Å². The van der Waals surface area contributed by atoms with Gasteiger partial charge in [-0.05, 0) is 56.0 Å². The van der Waals surface area contributed by atoms with Crippen molar-refractivity contribution in [3.8, 4) is 11.5 Å². The molecule has 0 aliphatic rings. The lowest BCUT2D eigenvalue weighted by molar-refractivity contribution is -0.128. The molecule has 4 heteroatoms. The molecule has 0 bridgehead atoms. The van der Waals surface area contributed by atoms with Gasteiger partial charge in [-0.15, -0.1) is 0 Å². The zero-order valence-corrected chi connectivity index (χ0v) is 15.6. The van der Waals surface area contributed by atoms with Crippen LogP contribution in [0, 0.1) is 13.8 Å². The number of nitrogens with one attached hydrogen (secondary N) is 1. The number of amides is 1. The predicted molar refractivity (Wildman–Crippen MR) is 100 cm³/mol. The van der Waals surface area contributed by atoms with Crippen molar-refractivity contribution >= 4 is 5.91 Å². The van der Waals surface area contributed by atoms with Gasteiger partial charge in [0.25, 0.3) is 5.91 Å². The molecule has 0 spiro atoms. The fourth-order valence-corrected chi connectivity index (χ4v) is 2.76. The maximum absolute atomic E-state index is 12.5. The van der Waals surface area contributed by atoms with E-state index in [0.717, 1.165) is 34.6 Å². The Bertz CT molecular complexity index is 727. The molecule has 2 atom stereocenters. The van der Waals surface area contributed by atoms with Crippen LogP contribution in [-0.4, -0.2) is 19.1 Å². The van der Waals surface area contributed by atoms with E-state index in [-0.39, 0.29) is 11.9 Å².